The van der Waals surface area contributed by atoms with Crippen LogP contribution in [0.4, 0.5) is 0 Å². The van der Waals surface area contributed by atoms with Gasteiger partial charge in [-0.05, 0) is 25.1 Å². The number of carboxylic acid groups (broad SMARTS) is 1. The number of hydrogen-bond acceptors (Lipinski definition) is 4. The summed E-state index contributed by atoms with van der Waals surface area (Å²) in [7, 11) is 3.05. The van der Waals surface area contributed by atoms with Crippen LogP contribution < -0.4 is 9.47 Å². The van der Waals surface area contributed by atoms with Crippen LogP contribution in [0.5, 0.6) is 11.5 Å². The average Bonchev–Trinajstić information content (AvgIpc) is 2.59. The molecule has 3 aromatic rings. The molecule has 0 atom stereocenters. The average molecular weight is 323 g/mol. The fraction of sp³-hybridized carbons (Fsp3) is 0.158. The zero-order valence-electron chi connectivity index (χ0n) is 13.7. The summed E-state index contributed by atoms with van der Waals surface area (Å²) in [4.78, 5) is 16.3. The molecule has 5 nitrogen and oxygen atoms in total. The van der Waals surface area contributed by atoms with Crippen molar-refractivity contribution >= 4 is 16.9 Å². The van der Waals surface area contributed by atoms with Gasteiger partial charge in [0.25, 0.3) is 0 Å². The number of ether oxygens (including phenoxy) is 2. The molecule has 0 aliphatic carbocycles. The van der Waals surface area contributed by atoms with E-state index in [2.05, 4.69) is 4.98 Å². The van der Waals surface area contributed by atoms with E-state index in [0.29, 0.717) is 28.1 Å². The molecule has 0 radical (unpaired) electrons. The minimum Gasteiger partial charge on any atom is -0.493 e. The van der Waals surface area contributed by atoms with Crippen molar-refractivity contribution in [2.75, 3.05) is 14.2 Å². The molecular formula is C19H17NO4. The topological polar surface area (TPSA) is 68.7 Å². The van der Waals surface area contributed by atoms with Crippen LogP contribution in [0.3, 0.4) is 0 Å². The highest BCUT2D eigenvalue weighted by atomic mass is 16.5. The summed E-state index contributed by atoms with van der Waals surface area (Å²) < 4.78 is 10.6. The summed E-state index contributed by atoms with van der Waals surface area (Å²) in [5.41, 5.74) is 3.28. The molecule has 0 unspecified atom stereocenters. The second-order valence-corrected chi connectivity index (χ2v) is 5.45. The van der Waals surface area contributed by atoms with Crippen LogP contribution in [-0.2, 0) is 0 Å². The number of hydrogen-bond donors (Lipinski definition) is 1. The van der Waals surface area contributed by atoms with Crippen molar-refractivity contribution in [3.8, 4) is 22.8 Å². The Bertz CT molecular complexity index is 934. The van der Waals surface area contributed by atoms with Gasteiger partial charge < -0.3 is 14.6 Å². The number of fused-ring (bicyclic) bond motifs is 1. The predicted octanol–water partition coefficient (Wildman–Crippen LogP) is 3.93. The third-order valence-corrected chi connectivity index (χ3v) is 3.86. The molecular weight excluding hydrogens is 306 g/mol. The van der Waals surface area contributed by atoms with Crippen LogP contribution in [0, 0.1) is 6.92 Å². The standard InChI is InChI=1S/C19H17NO4/c1-11-5-4-6-12(7-11)15-8-14(19(21)22)13-9-17(23-2)18(24-3)10-16(13)20-15/h4-10H,1-3H3,(H,21,22). The minimum atomic E-state index is -1.01. The normalized spacial score (nSPS) is 10.6. The van der Waals surface area contributed by atoms with E-state index in [4.69, 9.17) is 9.47 Å². The molecule has 1 N–H and O–H groups in total. The maximum absolute atomic E-state index is 11.7. The molecule has 0 saturated carbocycles. The van der Waals surface area contributed by atoms with Crippen molar-refractivity contribution in [1.82, 2.24) is 4.98 Å². The van der Waals surface area contributed by atoms with Crippen LogP contribution in [0.15, 0.2) is 42.5 Å². The maximum atomic E-state index is 11.7. The fourth-order valence-electron chi connectivity index (χ4n) is 2.68. The molecule has 0 aliphatic rings. The number of rotatable bonds is 4. The van der Waals surface area contributed by atoms with Crippen LogP contribution in [0.25, 0.3) is 22.2 Å². The Labute approximate surface area is 139 Å². The van der Waals surface area contributed by atoms with E-state index in [1.165, 1.54) is 14.2 Å². The number of nitrogens with zero attached hydrogens (tertiary/aromatic N) is 1. The third-order valence-electron chi connectivity index (χ3n) is 3.86. The first-order valence-electron chi connectivity index (χ1n) is 7.40. The molecule has 2 aromatic carbocycles. The number of pyridine rings is 1. The van der Waals surface area contributed by atoms with Crippen molar-refractivity contribution < 1.29 is 19.4 Å². The zero-order valence-corrected chi connectivity index (χ0v) is 13.7. The van der Waals surface area contributed by atoms with Gasteiger partial charge in [-0.25, -0.2) is 9.78 Å². The van der Waals surface area contributed by atoms with Gasteiger partial charge in [0, 0.05) is 17.0 Å². The molecule has 0 aliphatic heterocycles. The first-order chi connectivity index (χ1) is 11.5. The third kappa shape index (κ3) is 2.76. The summed E-state index contributed by atoms with van der Waals surface area (Å²) in [5.74, 6) is -0.0311. The summed E-state index contributed by atoms with van der Waals surface area (Å²) in [6, 6.07) is 12.7. The van der Waals surface area contributed by atoms with E-state index in [9.17, 15) is 9.90 Å². The van der Waals surface area contributed by atoms with E-state index in [0.717, 1.165) is 11.1 Å². The Kier molecular flexibility index (Phi) is 4.08. The Morgan fingerprint density at radius 3 is 2.38 bits per heavy atom. The van der Waals surface area contributed by atoms with Gasteiger partial charge in [0.15, 0.2) is 11.5 Å². The van der Waals surface area contributed by atoms with Crippen LogP contribution >= 0.6 is 0 Å². The molecule has 0 bridgehead atoms. The van der Waals surface area contributed by atoms with Gasteiger partial charge in [0.05, 0.1) is 31.0 Å². The smallest absolute Gasteiger partial charge is 0.336 e. The lowest BCUT2D eigenvalue weighted by molar-refractivity contribution is 0.0699. The molecule has 3 rings (SSSR count). The molecule has 0 amide bonds. The predicted molar refractivity (Wildman–Crippen MR) is 92.0 cm³/mol. The van der Waals surface area contributed by atoms with Crippen molar-refractivity contribution in [2.24, 2.45) is 0 Å². The van der Waals surface area contributed by atoms with E-state index in [1.807, 2.05) is 31.2 Å². The zero-order chi connectivity index (χ0) is 17.3. The molecule has 122 valence electrons. The van der Waals surface area contributed by atoms with Gasteiger partial charge in [-0.15, -0.1) is 0 Å². The largest absolute Gasteiger partial charge is 0.493 e. The summed E-state index contributed by atoms with van der Waals surface area (Å²) >= 11 is 0. The number of methoxy groups -OCH3 is 2. The summed E-state index contributed by atoms with van der Waals surface area (Å²) in [6.45, 7) is 1.98. The number of aromatic nitrogens is 1. The number of aryl methyl sites for hydroxylation is 1. The second-order valence-electron chi connectivity index (χ2n) is 5.45. The number of carboxylic acids is 1. The van der Waals surface area contributed by atoms with Crippen molar-refractivity contribution in [3.05, 3.63) is 53.6 Å². The number of aromatic carboxylic acids is 1. The van der Waals surface area contributed by atoms with Gasteiger partial charge in [0.1, 0.15) is 0 Å². The van der Waals surface area contributed by atoms with Gasteiger partial charge in [-0.1, -0.05) is 23.8 Å². The van der Waals surface area contributed by atoms with Crippen molar-refractivity contribution in [3.63, 3.8) is 0 Å². The first-order valence-corrected chi connectivity index (χ1v) is 7.40. The Hall–Kier alpha value is -3.08. The molecule has 5 heteroatoms. The highest BCUT2D eigenvalue weighted by Gasteiger charge is 2.16. The lowest BCUT2D eigenvalue weighted by Crippen LogP contribution is -2.01. The molecule has 1 aromatic heterocycles. The first kappa shape index (κ1) is 15.8. The minimum absolute atomic E-state index is 0.178. The van der Waals surface area contributed by atoms with Crippen molar-refractivity contribution in [2.45, 2.75) is 6.92 Å². The Balaban J connectivity index is 2.32. The lowest BCUT2D eigenvalue weighted by atomic mass is 10.0. The van der Waals surface area contributed by atoms with Gasteiger partial charge in [0.2, 0.25) is 0 Å². The molecule has 1 heterocycles. The van der Waals surface area contributed by atoms with Crippen LogP contribution in [-0.4, -0.2) is 30.3 Å². The molecule has 0 spiro atoms. The van der Waals surface area contributed by atoms with Gasteiger partial charge in [-0.3, -0.25) is 0 Å². The van der Waals surface area contributed by atoms with E-state index in [-0.39, 0.29) is 5.56 Å². The molecule has 0 fully saturated rings. The van der Waals surface area contributed by atoms with Crippen LogP contribution in [0.2, 0.25) is 0 Å². The fourth-order valence-corrected chi connectivity index (χ4v) is 2.68. The highest BCUT2D eigenvalue weighted by molar-refractivity contribution is 6.04. The van der Waals surface area contributed by atoms with Crippen molar-refractivity contribution in [1.29, 1.82) is 0 Å². The number of carbonyl (C=O) groups is 1. The second kappa shape index (κ2) is 6.20. The Morgan fingerprint density at radius 2 is 1.75 bits per heavy atom. The highest BCUT2D eigenvalue weighted by Crippen LogP contribution is 2.34. The quantitative estimate of drug-likeness (QED) is 0.788. The van der Waals surface area contributed by atoms with Gasteiger partial charge >= 0.3 is 5.97 Å². The van der Waals surface area contributed by atoms with E-state index >= 15 is 0 Å². The SMILES string of the molecule is COc1cc2nc(-c3cccc(C)c3)cc(C(=O)O)c2cc1OC. The monoisotopic (exact) mass is 323 g/mol. The van der Waals surface area contributed by atoms with Crippen LogP contribution in [0.1, 0.15) is 15.9 Å². The number of benzene rings is 2. The maximum Gasteiger partial charge on any atom is 0.336 e. The molecule has 24 heavy (non-hydrogen) atoms. The molecule has 0 saturated heterocycles. The summed E-state index contributed by atoms with van der Waals surface area (Å²) in [6.07, 6.45) is 0. The summed E-state index contributed by atoms with van der Waals surface area (Å²) in [5, 5.41) is 10.1. The lowest BCUT2D eigenvalue weighted by Gasteiger charge is -2.12. The van der Waals surface area contributed by atoms with E-state index < -0.39 is 5.97 Å². The van der Waals surface area contributed by atoms with Gasteiger partial charge in [-0.2, -0.15) is 0 Å². The Morgan fingerprint density at radius 1 is 1.04 bits per heavy atom. The van der Waals surface area contributed by atoms with E-state index in [1.54, 1.807) is 18.2 Å².